The van der Waals surface area contributed by atoms with Gasteiger partial charge in [0.1, 0.15) is 5.75 Å². The van der Waals surface area contributed by atoms with Crippen molar-refractivity contribution in [2.75, 3.05) is 0 Å². The van der Waals surface area contributed by atoms with Crippen molar-refractivity contribution in [3.05, 3.63) is 18.2 Å². The van der Waals surface area contributed by atoms with Gasteiger partial charge in [-0.25, -0.2) is 4.79 Å². The molecule has 15 heavy (non-hydrogen) atoms. The SMILES string of the molecule is CCC(=O)C(=O)Oc1ccc(O)c(O)c1. The molecular weight excluding hydrogens is 200 g/mol. The number of carbonyl (C=O) groups excluding carboxylic acids is 2. The smallest absolute Gasteiger partial charge is 0.379 e. The maximum atomic E-state index is 11.0. The van der Waals surface area contributed by atoms with Gasteiger partial charge in [0.15, 0.2) is 11.5 Å². The zero-order valence-electron chi connectivity index (χ0n) is 8.06. The Hall–Kier alpha value is -2.04. The standard InChI is InChI=1S/C10H10O5/c1-2-7(11)10(14)15-6-3-4-8(12)9(13)5-6/h3-5,12-13H,2H2,1H3. The van der Waals surface area contributed by atoms with E-state index in [2.05, 4.69) is 4.74 Å². The van der Waals surface area contributed by atoms with Crippen LogP contribution in [0.3, 0.4) is 0 Å². The van der Waals surface area contributed by atoms with E-state index in [9.17, 15) is 9.59 Å². The van der Waals surface area contributed by atoms with Crippen molar-refractivity contribution in [3.8, 4) is 17.2 Å². The van der Waals surface area contributed by atoms with Crippen LogP contribution in [-0.4, -0.2) is 22.0 Å². The molecule has 0 saturated carbocycles. The molecule has 5 heteroatoms. The minimum absolute atomic E-state index is 0.0112. The molecule has 0 atom stereocenters. The van der Waals surface area contributed by atoms with Crippen molar-refractivity contribution in [2.24, 2.45) is 0 Å². The van der Waals surface area contributed by atoms with Gasteiger partial charge in [-0.3, -0.25) is 4.79 Å². The average Bonchev–Trinajstić information content (AvgIpc) is 2.22. The van der Waals surface area contributed by atoms with Crippen LogP contribution in [0.2, 0.25) is 0 Å². The molecule has 2 N–H and O–H groups in total. The van der Waals surface area contributed by atoms with Gasteiger partial charge < -0.3 is 14.9 Å². The van der Waals surface area contributed by atoms with Crippen molar-refractivity contribution in [2.45, 2.75) is 13.3 Å². The summed E-state index contributed by atoms with van der Waals surface area (Å²) in [5.41, 5.74) is 0. The summed E-state index contributed by atoms with van der Waals surface area (Å²) in [4.78, 5) is 21.9. The molecule has 80 valence electrons. The highest BCUT2D eigenvalue weighted by atomic mass is 16.5. The average molecular weight is 210 g/mol. The molecule has 0 saturated heterocycles. The third kappa shape index (κ3) is 2.70. The molecule has 0 aliphatic heterocycles. The first-order valence-electron chi connectivity index (χ1n) is 4.31. The number of carbonyl (C=O) groups is 2. The quantitative estimate of drug-likeness (QED) is 0.336. The Kier molecular flexibility index (Phi) is 3.28. The van der Waals surface area contributed by atoms with Crippen molar-refractivity contribution in [1.29, 1.82) is 0 Å². The molecule has 1 aromatic rings. The molecule has 0 heterocycles. The summed E-state index contributed by atoms with van der Waals surface area (Å²) >= 11 is 0. The summed E-state index contributed by atoms with van der Waals surface area (Å²) in [7, 11) is 0. The molecule has 0 bridgehead atoms. The highest BCUT2D eigenvalue weighted by molar-refractivity contribution is 6.34. The van der Waals surface area contributed by atoms with Crippen molar-refractivity contribution < 1.29 is 24.5 Å². The molecule has 1 rings (SSSR count). The van der Waals surface area contributed by atoms with Crippen LogP contribution in [0.15, 0.2) is 18.2 Å². The van der Waals surface area contributed by atoms with Crippen molar-refractivity contribution in [3.63, 3.8) is 0 Å². The number of rotatable bonds is 3. The molecule has 0 aliphatic carbocycles. The summed E-state index contributed by atoms with van der Waals surface area (Å²) in [5.74, 6) is -2.36. The summed E-state index contributed by atoms with van der Waals surface area (Å²) in [5, 5.41) is 18.1. The molecule has 0 spiro atoms. The Morgan fingerprint density at radius 2 is 1.93 bits per heavy atom. The van der Waals surface area contributed by atoms with Gasteiger partial charge in [0, 0.05) is 12.5 Å². The second-order valence-electron chi connectivity index (χ2n) is 2.82. The maximum absolute atomic E-state index is 11.0. The van der Waals surface area contributed by atoms with E-state index in [1.165, 1.54) is 13.0 Å². The Labute approximate surface area is 85.9 Å². The third-order valence-corrected chi connectivity index (χ3v) is 1.71. The fraction of sp³-hybridized carbons (Fsp3) is 0.200. The molecule has 0 aromatic heterocycles. The summed E-state index contributed by atoms with van der Waals surface area (Å²) in [6.45, 7) is 1.54. The summed E-state index contributed by atoms with van der Waals surface area (Å²) in [6, 6.07) is 3.49. The monoisotopic (exact) mass is 210 g/mol. The van der Waals surface area contributed by atoms with Crippen LogP contribution >= 0.6 is 0 Å². The van der Waals surface area contributed by atoms with E-state index in [0.717, 1.165) is 12.1 Å². The lowest BCUT2D eigenvalue weighted by atomic mass is 10.3. The Morgan fingerprint density at radius 3 is 2.47 bits per heavy atom. The second kappa shape index (κ2) is 4.45. The van der Waals surface area contributed by atoms with Crippen LogP contribution in [0.4, 0.5) is 0 Å². The zero-order valence-corrected chi connectivity index (χ0v) is 8.06. The van der Waals surface area contributed by atoms with E-state index in [-0.39, 0.29) is 17.9 Å². The number of phenolic OH excluding ortho intramolecular Hbond substituents is 2. The number of esters is 1. The molecule has 0 fully saturated rings. The van der Waals surface area contributed by atoms with Gasteiger partial charge in [0.25, 0.3) is 0 Å². The number of ether oxygens (including phenoxy) is 1. The summed E-state index contributed by atoms with van der Waals surface area (Å²) in [6.07, 6.45) is 0.0584. The van der Waals surface area contributed by atoms with Gasteiger partial charge in [0.05, 0.1) is 0 Å². The fourth-order valence-electron chi connectivity index (χ4n) is 0.875. The summed E-state index contributed by atoms with van der Waals surface area (Å²) < 4.78 is 4.64. The predicted molar refractivity (Wildman–Crippen MR) is 50.7 cm³/mol. The predicted octanol–water partition coefficient (Wildman–Crippen LogP) is 0.982. The van der Waals surface area contributed by atoms with Gasteiger partial charge in [-0.1, -0.05) is 6.92 Å². The molecule has 0 radical (unpaired) electrons. The van der Waals surface area contributed by atoms with Crippen LogP contribution in [-0.2, 0) is 9.59 Å². The van der Waals surface area contributed by atoms with E-state index in [4.69, 9.17) is 10.2 Å². The van der Waals surface area contributed by atoms with Gasteiger partial charge in [0.2, 0.25) is 5.78 Å². The number of Topliss-reactive ketones (excluding diaryl/α,β-unsaturated/α-hetero) is 1. The lowest BCUT2D eigenvalue weighted by Gasteiger charge is -2.03. The van der Waals surface area contributed by atoms with E-state index >= 15 is 0 Å². The number of benzene rings is 1. The van der Waals surface area contributed by atoms with E-state index in [0.29, 0.717) is 0 Å². The first-order chi connectivity index (χ1) is 7.04. The zero-order chi connectivity index (χ0) is 11.4. The second-order valence-corrected chi connectivity index (χ2v) is 2.82. The molecule has 5 nitrogen and oxygen atoms in total. The molecule has 0 aliphatic rings. The normalized spacial score (nSPS) is 9.67. The van der Waals surface area contributed by atoms with Crippen LogP contribution < -0.4 is 4.74 Å². The minimum atomic E-state index is -0.984. The topological polar surface area (TPSA) is 83.8 Å². The Bertz CT molecular complexity index is 397. The molecular formula is C10H10O5. The van der Waals surface area contributed by atoms with Crippen LogP contribution in [0.1, 0.15) is 13.3 Å². The highest BCUT2D eigenvalue weighted by Crippen LogP contribution is 2.28. The number of phenols is 2. The number of hydrogen-bond donors (Lipinski definition) is 2. The van der Waals surface area contributed by atoms with Gasteiger partial charge >= 0.3 is 5.97 Å². The minimum Gasteiger partial charge on any atom is -0.504 e. The van der Waals surface area contributed by atoms with Crippen LogP contribution in [0.5, 0.6) is 17.2 Å². The maximum Gasteiger partial charge on any atom is 0.379 e. The van der Waals surface area contributed by atoms with E-state index in [1.807, 2.05) is 0 Å². The number of hydrogen-bond acceptors (Lipinski definition) is 5. The van der Waals surface area contributed by atoms with Crippen LogP contribution in [0, 0.1) is 0 Å². The lowest BCUT2D eigenvalue weighted by molar-refractivity contribution is -0.146. The first-order valence-corrected chi connectivity index (χ1v) is 4.31. The highest BCUT2D eigenvalue weighted by Gasteiger charge is 2.14. The van der Waals surface area contributed by atoms with Crippen LogP contribution in [0.25, 0.3) is 0 Å². The van der Waals surface area contributed by atoms with Gasteiger partial charge in [-0.15, -0.1) is 0 Å². The largest absolute Gasteiger partial charge is 0.504 e. The molecule has 0 unspecified atom stereocenters. The van der Waals surface area contributed by atoms with Crippen molar-refractivity contribution >= 4 is 11.8 Å². The fourth-order valence-corrected chi connectivity index (χ4v) is 0.875. The third-order valence-electron chi connectivity index (χ3n) is 1.71. The number of aromatic hydroxyl groups is 2. The lowest BCUT2D eigenvalue weighted by Crippen LogP contribution is -2.19. The molecule has 1 aromatic carbocycles. The van der Waals surface area contributed by atoms with E-state index < -0.39 is 17.5 Å². The number of ketones is 1. The Morgan fingerprint density at radius 1 is 1.27 bits per heavy atom. The van der Waals surface area contributed by atoms with Gasteiger partial charge in [-0.05, 0) is 12.1 Å². The van der Waals surface area contributed by atoms with Crippen molar-refractivity contribution in [1.82, 2.24) is 0 Å². The van der Waals surface area contributed by atoms with E-state index in [1.54, 1.807) is 0 Å². The first kappa shape index (κ1) is 11.0. The molecule has 0 amide bonds. The van der Waals surface area contributed by atoms with Gasteiger partial charge in [-0.2, -0.15) is 0 Å². The Balaban J connectivity index is 2.77.